The third-order valence-electron chi connectivity index (χ3n) is 4.94. The minimum Gasteiger partial charge on any atom is -0.493 e. The largest absolute Gasteiger partial charge is 0.493 e. The van der Waals surface area contributed by atoms with Gasteiger partial charge in [-0.2, -0.15) is 0 Å². The van der Waals surface area contributed by atoms with E-state index < -0.39 is 0 Å². The average Bonchev–Trinajstić information content (AvgIpc) is 3.03. The summed E-state index contributed by atoms with van der Waals surface area (Å²) in [5, 5.41) is 4.04. The highest BCUT2D eigenvalue weighted by molar-refractivity contribution is 6.07. The number of benzene rings is 2. The molecule has 0 aliphatic rings. The Morgan fingerprint density at radius 3 is 2.59 bits per heavy atom. The monoisotopic (exact) mass is 364 g/mol. The molecule has 0 aliphatic heterocycles. The van der Waals surface area contributed by atoms with Gasteiger partial charge in [0.25, 0.3) is 5.91 Å². The molecule has 1 amide bonds. The van der Waals surface area contributed by atoms with Gasteiger partial charge in [-0.25, -0.2) is 0 Å². The van der Waals surface area contributed by atoms with Gasteiger partial charge < -0.3 is 14.6 Å². The number of hydrogen-bond acceptors (Lipinski definition) is 2. The van der Waals surface area contributed by atoms with Crippen molar-refractivity contribution in [3.8, 4) is 5.75 Å². The maximum absolute atomic E-state index is 13.1. The number of carbonyl (C=O) groups excluding carboxylic acids is 1. The van der Waals surface area contributed by atoms with Crippen molar-refractivity contribution in [3.05, 3.63) is 59.3 Å². The predicted octanol–water partition coefficient (Wildman–Crippen LogP) is 5.71. The topological polar surface area (TPSA) is 43.3 Å². The lowest BCUT2D eigenvalue weighted by Crippen LogP contribution is -2.17. The molecular formula is C23H28N2O2. The summed E-state index contributed by atoms with van der Waals surface area (Å²) in [5.41, 5.74) is 4.91. The van der Waals surface area contributed by atoms with Crippen LogP contribution in [0.3, 0.4) is 0 Å². The van der Waals surface area contributed by atoms with Crippen molar-refractivity contribution in [1.82, 2.24) is 4.57 Å². The molecule has 0 fully saturated rings. The maximum Gasteiger partial charge on any atom is 0.272 e. The van der Waals surface area contributed by atoms with Gasteiger partial charge in [-0.05, 0) is 68.7 Å². The molecule has 2 aromatic carbocycles. The first kappa shape index (κ1) is 19.0. The highest BCUT2D eigenvalue weighted by Gasteiger charge is 2.18. The summed E-state index contributed by atoms with van der Waals surface area (Å²) in [4.78, 5) is 13.1. The van der Waals surface area contributed by atoms with Gasteiger partial charge in [0.2, 0.25) is 0 Å². The maximum atomic E-state index is 13.1. The minimum atomic E-state index is -0.0898. The summed E-state index contributed by atoms with van der Waals surface area (Å²) in [6.07, 6.45) is 2.09. The fraction of sp³-hybridized carbons (Fsp3) is 0.348. The smallest absolute Gasteiger partial charge is 0.272 e. The molecule has 0 spiro atoms. The Balaban J connectivity index is 2.01. The van der Waals surface area contributed by atoms with E-state index in [9.17, 15) is 4.79 Å². The van der Waals surface area contributed by atoms with Gasteiger partial charge in [-0.1, -0.05) is 25.5 Å². The molecule has 0 atom stereocenters. The van der Waals surface area contributed by atoms with Crippen LogP contribution < -0.4 is 10.1 Å². The third kappa shape index (κ3) is 4.00. The van der Waals surface area contributed by atoms with Crippen LogP contribution in [0.2, 0.25) is 0 Å². The molecule has 1 N–H and O–H groups in total. The molecule has 3 aromatic rings. The molecule has 3 rings (SSSR count). The van der Waals surface area contributed by atoms with Gasteiger partial charge in [0.05, 0.1) is 12.1 Å². The SMILES string of the molecule is CCCCn1c(C(=O)Nc2ccc(C)c(C)c2)cc2c(OCC)cccc21. The van der Waals surface area contributed by atoms with E-state index in [-0.39, 0.29) is 5.91 Å². The zero-order chi connectivity index (χ0) is 19.4. The van der Waals surface area contributed by atoms with E-state index in [0.29, 0.717) is 12.3 Å². The van der Waals surface area contributed by atoms with Gasteiger partial charge in [0.1, 0.15) is 11.4 Å². The number of nitrogens with zero attached hydrogens (tertiary/aromatic N) is 1. The molecule has 0 saturated carbocycles. The molecule has 0 aliphatic carbocycles. The third-order valence-corrected chi connectivity index (χ3v) is 4.94. The second-order valence-electron chi connectivity index (χ2n) is 6.91. The van der Waals surface area contributed by atoms with E-state index in [1.807, 2.05) is 43.3 Å². The Morgan fingerprint density at radius 1 is 1.07 bits per heavy atom. The molecule has 4 heteroatoms. The number of unbranched alkanes of at least 4 members (excludes halogenated alkanes) is 1. The zero-order valence-corrected chi connectivity index (χ0v) is 16.6. The van der Waals surface area contributed by atoms with E-state index in [1.165, 1.54) is 5.56 Å². The molecule has 27 heavy (non-hydrogen) atoms. The summed E-state index contributed by atoms with van der Waals surface area (Å²) in [7, 11) is 0. The van der Waals surface area contributed by atoms with Crippen LogP contribution in [-0.2, 0) is 6.54 Å². The summed E-state index contributed by atoms with van der Waals surface area (Å²) < 4.78 is 7.88. The number of carbonyl (C=O) groups is 1. The molecule has 0 unspecified atom stereocenters. The van der Waals surface area contributed by atoms with Crippen molar-refractivity contribution in [3.63, 3.8) is 0 Å². The van der Waals surface area contributed by atoms with E-state index in [4.69, 9.17) is 4.74 Å². The number of hydrogen-bond donors (Lipinski definition) is 1. The van der Waals surface area contributed by atoms with Crippen molar-refractivity contribution in [2.24, 2.45) is 0 Å². The van der Waals surface area contributed by atoms with E-state index in [0.717, 1.165) is 47.3 Å². The number of aromatic nitrogens is 1. The molecular weight excluding hydrogens is 336 g/mol. The van der Waals surface area contributed by atoms with Gasteiger partial charge in [0.15, 0.2) is 0 Å². The summed E-state index contributed by atoms with van der Waals surface area (Å²) in [5.74, 6) is 0.735. The van der Waals surface area contributed by atoms with Crippen molar-refractivity contribution in [2.45, 2.75) is 47.1 Å². The Kier molecular flexibility index (Phi) is 5.84. The Bertz CT molecular complexity index is 956. The van der Waals surface area contributed by atoms with Crippen LogP contribution in [0.5, 0.6) is 5.75 Å². The Labute approximate surface area is 161 Å². The lowest BCUT2D eigenvalue weighted by molar-refractivity contribution is 0.101. The highest BCUT2D eigenvalue weighted by Crippen LogP contribution is 2.30. The van der Waals surface area contributed by atoms with E-state index in [1.54, 1.807) is 0 Å². The van der Waals surface area contributed by atoms with Crippen LogP contribution in [0.25, 0.3) is 10.9 Å². The molecule has 142 valence electrons. The number of nitrogens with one attached hydrogen (secondary N) is 1. The number of rotatable bonds is 7. The van der Waals surface area contributed by atoms with Crippen LogP contribution in [0.4, 0.5) is 5.69 Å². The quantitative estimate of drug-likeness (QED) is 0.583. The van der Waals surface area contributed by atoms with Crippen LogP contribution in [0, 0.1) is 13.8 Å². The van der Waals surface area contributed by atoms with Crippen molar-refractivity contribution in [2.75, 3.05) is 11.9 Å². The van der Waals surface area contributed by atoms with E-state index in [2.05, 4.69) is 36.7 Å². The molecule has 1 aromatic heterocycles. The van der Waals surface area contributed by atoms with Gasteiger partial charge >= 0.3 is 0 Å². The number of anilines is 1. The molecule has 0 saturated heterocycles. The van der Waals surface area contributed by atoms with Gasteiger partial charge in [0, 0.05) is 17.6 Å². The normalized spacial score (nSPS) is 11.0. The second-order valence-corrected chi connectivity index (χ2v) is 6.91. The average molecular weight is 364 g/mol. The highest BCUT2D eigenvalue weighted by atomic mass is 16.5. The van der Waals surface area contributed by atoms with Crippen molar-refractivity contribution in [1.29, 1.82) is 0 Å². The zero-order valence-electron chi connectivity index (χ0n) is 16.6. The predicted molar refractivity (Wildman–Crippen MR) is 112 cm³/mol. The van der Waals surface area contributed by atoms with Crippen molar-refractivity contribution >= 4 is 22.5 Å². The lowest BCUT2D eigenvalue weighted by Gasteiger charge is -2.12. The first-order valence-electron chi connectivity index (χ1n) is 9.68. The molecule has 0 radical (unpaired) electrons. The first-order valence-corrected chi connectivity index (χ1v) is 9.68. The molecule has 4 nitrogen and oxygen atoms in total. The summed E-state index contributed by atoms with van der Waals surface area (Å²) in [6, 6.07) is 13.9. The lowest BCUT2D eigenvalue weighted by atomic mass is 10.1. The summed E-state index contributed by atoms with van der Waals surface area (Å²) in [6.45, 7) is 9.66. The summed E-state index contributed by atoms with van der Waals surface area (Å²) >= 11 is 0. The fourth-order valence-corrected chi connectivity index (χ4v) is 3.30. The number of aryl methyl sites for hydroxylation is 3. The minimum absolute atomic E-state index is 0.0898. The molecule has 1 heterocycles. The number of ether oxygens (including phenoxy) is 1. The van der Waals surface area contributed by atoms with Crippen LogP contribution in [-0.4, -0.2) is 17.1 Å². The Morgan fingerprint density at radius 2 is 1.89 bits per heavy atom. The van der Waals surface area contributed by atoms with E-state index >= 15 is 0 Å². The van der Waals surface area contributed by atoms with Gasteiger partial charge in [-0.3, -0.25) is 4.79 Å². The Hall–Kier alpha value is -2.75. The second kappa shape index (κ2) is 8.30. The van der Waals surface area contributed by atoms with Crippen LogP contribution >= 0.6 is 0 Å². The van der Waals surface area contributed by atoms with Gasteiger partial charge in [-0.15, -0.1) is 0 Å². The molecule has 0 bridgehead atoms. The fourth-order valence-electron chi connectivity index (χ4n) is 3.30. The van der Waals surface area contributed by atoms with Crippen LogP contribution in [0.15, 0.2) is 42.5 Å². The standard InChI is InChI=1S/C23H28N2O2/c1-5-7-13-25-20-9-8-10-22(27-6-2)19(20)15-21(25)23(26)24-18-12-11-16(3)17(4)14-18/h8-12,14-15H,5-7,13H2,1-4H3,(H,24,26). The number of fused-ring (bicyclic) bond motifs is 1. The number of amides is 1. The first-order chi connectivity index (χ1) is 13.0. The van der Waals surface area contributed by atoms with Crippen molar-refractivity contribution < 1.29 is 9.53 Å². The van der Waals surface area contributed by atoms with Crippen LogP contribution in [0.1, 0.15) is 48.3 Å².